The Labute approximate surface area is 204 Å². The van der Waals surface area contributed by atoms with Crippen LogP contribution >= 0.6 is 0 Å². The van der Waals surface area contributed by atoms with Gasteiger partial charge >= 0.3 is 17.9 Å². The first kappa shape index (κ1) is 24.3. The summed E-state index contributed by atoms with van der Waals surface area (Å²) in [5, 5.41) is 0. The molecule has 0 saturated heterocycles. The van der Waals surface area contributed by atoms with Crippen LogP contribution in [0.15, 0.2) is 54.6 Å². The number of nitrogens with zero attached hydrogens (tertiary/aromatic N) is 1. The minimum atomic E-state index is -0.789. The molecule has 1 aliphatic carbocycles. The van der Waals surface area contributed by atoms with Crippen molar-refractivity contribution in [3.63, 3.8) is 0 Å². The molecule has 1 heterocycles. The third-order valence-electron chi connectivity index (χ3n) is 6.57. The average molecular weight is 476 g/mol. The van der Waals surface area contributed by atoms with E-state index in [1.807, 2.05) is 54.6 Å². The van der Waals surface area contributed by atoms with Gasteiger partial charge in [-0.25, -0.2) is 14.4 Å². The second-order valence-electron chi connectivity index (χ2n) is 8.53. The smallest absolute Gasteiger partial charge is 0.355 e. The molecule has 2 aromatic carbocycles. The molecular formula is C28H29NO6. The standard InChI is InChI=1S/C28H29NO6/c1-33-26(30)22-23(27(31)34-2)25(28(32)35-3)29(21-12-8-5-9-13-21)24(22)20-16-14-19(15-17-20)18-10-6-4-7-11-18/h4,6-7,10-11,14-17,21H,5,8-9,12-13H2,1-3H3. The van der Waals surface area contributed by atoms with Gasteiger partial charge in [0.05, 0.1) is 27.0 Å². The van der Waals surface area contributed by atoms with Gasteiger partial charge in [-0.05, 0) is 29.5 Å². The van der Waals surface area contributed by atoms with Gasteiger partial charge in [-0.2, -0.15) is 0 Å². The van der Waals surface area contributed by atoms with Gasteiger partial charge < -0.3 is 18.8 Å². The first-order valence-corrected chi connectivity index (χ1v) is 11.7. The number of methoxy groups -OCH3 is 3. The quantitative estimate of drug-likeness (QED) is 0.337. The summed E-state index contributed by atoms with van der Waals surface area (Å²) in [5.41, 5.74) is 3.12. The number of ether oxygens (including phenoxy) is 3. The van der Waals surface area contributed by atoms with Crippen molar-refractivity contribution in [2.24, 2.45) is 0 Å². The second-order valence-corrected chi connectivity index (χ2v) is 8.53. The van der Waals surface area contributed by atoms with Gasteiger partial charge in [0.15, 0.2) is 0 Å². The minimum absolute atomic E-state index is 0.0118. The Hall–Kier alpha value is -3.87. The highest BCUT2D eigenvalue weighted by molar-refractivity contribution is 6.14. The Morgan fingerprint density at radius 2 is 1.17 bits per heavy atom. The Kier molecular flexibility index (Phi) is 7.34. The van der Waals surface area contributed by atoms with Crippen LogP contribution in [-0.2, 0) is 14.2 Å². The van der Waals surface area contributed by atoms with E-state index in [2.05, 4.69) is 0 Å². The lowest BCUT2D eigenvalue weighted by molar-refractivity contribution is 0.0533. The summed E-state index contributed by atoms with van der Waals surface area (Å²) in [6.45, 7) is 0. The van der Waals surface area contributed by atoms with Crippen LogP contribution in [0.4, 0.5) is 0 Å². The minimum Gasteiger partial charge on any atom is -0.465 e. The van der Waals surface area contributed by atoms with E-state index in [1.54, 1.807) is 4.57 Å². The summed E-state index contributed by atoms with van der Waals surface area (Å²) in [4.78, 5) is 39.1. The fourth-order valence-electron chi connectivity index (χ4n) is 4.93. The molecule has 0 spiro atoms. The topological polar surface area (TPSA) is 83.8 Å². The van der Waals surface area contributed by atoms with Crippen molar-refractivity contribution in [1.29, 1.82) is 0 Å². The van der Waals surface area contributed by atoms with E-state index in [0.29, 0.717) is 11.3 Å². The second kappa shape index (κ2) is 10.6. The molecule has 35 heavy (non-hydrogen) atoms. The van der Waals surface area contributed by atoms with Crippen LogP contribution in [-0.4, -0.2) is 43.8 Å². The number of esters is 3. The van der Waals surface area contributed by atoms with Crippen molar-refractivity contribution in [3.8, 4) is 22.4 Å². The summed E-state index contributed by atoms with van der Waals surface area (Å²) in [6, 6.07) is 17.6. The molecule has 0 amide bonds. The molecule has 182 valence electrons. The largest absolute Gasteiger partial charge is 0.465 e. The first-order valence-electron chi connectivity index (χ1n) is 11.7. The first-order chi connectivity index (χ1) is 17.0. The molecule has 0 radical (unpaired) electrons. The molecule has 1 saturated carbocycles. The Balaban J connectivity index is 2.02. The van der Waals surface area contributed by atoms with E-state index >= 15 is 0 Å². The molecule has 7 heteroatoms. The number of hydrogen-bond donors (Lipinski definition) is 0. The highest BCUT2D eigenvalue weighted by Crippen LogP contribution is 2.41. The molecule has 4 rings (SSSR count). The maximum atomic E-state index is 13.1. The summed E-state index contributed by atoms with van der Waals surface area (Å²) < 4.78 is 17.0. The highest BCUT2D eigenvalue weighted by Gasteiger charge is 2.38. The Bertz CT molecular complexity index is 1220. The summed E-state index contributed by atoms with van der Waals surface area (Å²) in [5.74, 6) is -2.21. The SMILES string of the molecule is COC(=O)c1c(C(=O)OC)c(-c2ccc(-c3ccccc3)cc2)n(C2CCCCC2)c1C(=O)OC. The number of benzene rings is 2. The van der Waals surface area contributed by atoms with Gasteiger partial charge in [-0.3, -0.25) is 0 Å². The van der Waals surface area contributed by atoms with Crippen LogP contribution in [0, 0.1) is 0 Å². The Morgan fingerprint density at radius 1 is 0.657 bits per heavy atom. The maximum absolute atomic E-state index is 13.1. The fourth-order valence-corrected chi connectivity index (χ4v) is 4.93. The lowest BCUT2D eigenvalue weighted by atomic mass is 9.94. The van der Waals surface area contributed by atoms with Gasteiger partial charge in [0.25, 0.3) is 0 Å². The molecule has 1 aromatic heterocycles. The van der Waals surface area contributed by atoms with Crippen LogP contribution in [0.2, 0.25) is 0 Å². The summed E-state index contributed by atoms with van der Waals surface area (Å²) in [6.07, 6.45) is 4.69. The van der Waals surface area contributed by atoms with Crippen molar-refractivity contribution in [3.05, 3.63) is 71.4 Å². The van der Waals surface area contributed by atoms with Gasteiger partial charge in [-0.1, -0.05) is 73.9 Å². The number of carbonyl (C=O) groups excluding carboxylic acids is 3. The van der Waals surface area contributed by atoms with Gasteiger partial charge in [0, 0.05) is 6.04 Å². The van der Waals surface area contributed by atoms with Crippen molar-refractivity contribution in [2.45, 2.75) is 38.1 Å². The van der Waals surface area contributed by atoms with E-state index in [0.717, 1.165) is 43.2 Å². The Morgan fingerprint density at radius 3 is 1.74 bits per heavy atom. The molecule has 0 bridgehead atoms. The van der Waals surface area contributed by atoms with Crippen LogP contribution in [0.5, 0.6) is 0 Å². The zero-order chi connectivity index (χ0) is 24.9. The summed E-state index contributed by atoms with van der Waals surface area (Å²) >= 11 is 0. The van der Waals surface area contributed by atoms with E-state index in [1.165, 1.54) is 21.3 Å². The zero-order valence-corrected chi connectivity index (χ0v) is 20.2. The number of rotatable bonds is 6. The molecule has 0 N–H and O–H groups in total. The predicted octanol–water partition coefficient (Wildman–Crippen LogP) is 5.69. The third-order valence-corrected chi connectivity index (χ3v) is 6.57. The molecule has 0 atom stereocenters. The van der Waals surface area contributed by atoms with E-state index in [-0.39, 0.29) is 22.9 Å². The van der Waals surface area contributed by atoms with E-state index in [4.69, 9.17) is 14.2 Å². The molecular weight excluding hydrogens is 446 g/mol. The van der Waals surface area contributed by atoms with Gasteiger partial charge in [-0.15, -0.1) is 0 Å². The molecule has 1 aliphatic rings. The van der Waals surface area contributed by atoms with Crippen LogP contribution in [0.3, 0.4) is 0 Å². The monoisotopic (exact) mass is 475 g/mol. The van der Waals surface area contributed by atoms with Crippen molar-refractivity contribution in [2.75, 3.05) is 21.3 Å². The van der Waals surface area contributed by atoms with Crippen LogP contribution in [0.25, 0.3) is 22.4 Å². The average Bonchev–Trinajstić information content (AvgIpc) is 3.29. The van der Waals surface area contributed by atoms with Gasteiger partial charge in [0.2, 0.25) is 0 Å². The number of aromatic nitrogens is 1. The van der Waals surface area contributed by atoms with Crippen LogP contribution in [0.1, 0.15) is 69.4 Å². The highest BCUT2D eigenvalue weighted by atomic mass is 16.5. The number of carbonyl (C=O) groups is 3. The third kappa shape index (κ3) is 4.58. The van der Waals surface area contributed by atoms with Crippen molar-refractivity contribution in [1.82, 2.24) is 4.57 Å². The van der Waals surface area contributed by atoms with Crippen molar-refractivity contribution >= 4 is 17.9 Å². The number of hydrogen-bond acceptors (Lipinski definition) is 6. The molecule has 0 unspecified atom stereocenters. The molecule has 7 nitrogen and oxygen atoms in total. The molecule has 3 aromatic rings. The molecule has 0 aliphatic heterocycles. The van der Waals surface area contributed by atoms with E-state index in [9.17, 15) is 14.4 Å². The zero-order valence-electron chi connectivity index (χ0n) is 20.2. The van der Waals surface area contributed by atoms with Gasteiger partial charge in [0.1, 0.15) is 16.8 Å². The molecule has 1 fully saturated rings. The fraction of sp³-hybridized carbons (Fsp3) is 0.321. The lowest BCUT2D eigenvalue weighted by Crippen LogP contribution is -2.21. The maximum Gasteiger partial charge on any atom is 0.355 e. The normalized spacial score (nSPS) is 13.8. The predicted molar refractivity (Wildman–Crippen MR) is 131 cm³/mol. The van der Waals surface area contributed by atoms with Crippen molar-refractivity contribution < 1.29 is 28.6 Å². The summed E-state index contributed by atoms with van der Waals surface area (Å²) in [7, 11) is 3.73. The van der Waals surface area contributed by atoms with Crippen LogP contribution < -0.4 is 0 Å². The lowest BCUT2D eigenvalue weighted by Gasteiger charge is -2.27. The van der Waals surface area contributed by atoms with E-state index < -0.39 is 17.9 Å².